The second-order valence-electron chi connectivity index (χ2n) is 5.06. The molecule has 4 rings (SSSR count). The number of hydrogen-bond acceptors (Lipinski definition) is 3. The van der Waals surface area contributed by atoms with Crippen LogP contribution in [0.15, 0.2) is 81.9 Å². The van der Waals surface area contributed by atoms with Gasteiger partial charge in [-0.15, -0.1) is 10.2 Å². The molecule has 0 radical (unpaired) electrons. The molecule has 0 amide bonds. The van der Waals surface area contributed by atoms with E-state index < -0.39 is 0 Å². The van der Waals surface area contributed by atoms with E-state index in [9.17, 15) is 0 Å². The van der Waals surface area contributed by atoms with Crippen LogP contribution in [0, 0.1) is 0 Å². The molecule has 0 unspecified atom stereocenters. The Kier molecular flexibility index (Phi) is 3.55. The van der Waals surface area contributed by atoms with Crippen LogP contribution >= 0.6 is 15.9 Å². The molecule has 112 valence electrons. The summed E-state index contributed by atoms with van der Waals surface area (Å²) in [5.74, 6) is 1.03. The van der Waals surface area contributed by atoms with E-state index in [2.05, 4.69) is 26.1 Å². The van der Waals surface area contributed by atoms with Crippen molar-refractivity contribution in [2.24, 2.45) is 0 Å². The van der Waals surface area contributed by atoms with E-state index in [1.54, 1.807) is 0 Å². The molecule has 0 aliphatic carbocycles. The van der Waals surface area contributed by atoms with E-state index in [0.29, 0.717) is 11.8 Å². The van der Waals surface area contributed by atoms with Gasteiger partial charge in [-0.2, -0.15) is 0 Å². The lowest BCUT2D eigenvalue weighted by Gasteiger charge is -2.02. The zero-order valence-corrected chi connectivity index (χ0v) is 13.6. The summed E-state index contributed by atoms with van der Waals surface area (Å²) in [6, 6.07) is 19.8. The highest BCUT2D eigenvalue weighted by molar-refractivity contribution is 9.10. The fourth-order valence-corrected chi connectivity index (χ4v) is 2.60. The molecule has 0 saturated carbocycles. The number of aromatic nitrogens is 3. The molecule has 2 heterocycles. The van der Waals surface area contributed by atoms with Crippen LogP contribution in [0.1, 0.15) is 0 Å². The zero-order chi connectivity index (χ0) is 15.6. The lowest BCUT2D eigenvalue weighted by atomic mass is 10.2. The highest BCUT2D eigenvalue weighted by Gasteiger charge is 2.10. The van der Waals surface area contributed by atoms with Crippen molar-refractivity contribution in [2.45, 2.75) is 0 Å². The van der Waals surface area contributed by atoms with E-state index in [4.69, 9.17) is 4.42 Å². The first kappa shape index (κ1) is 14.0. The van der Waals surface area contributed by atoms with E-state index in [0.717, 1.165) is 21.3 Å². The zero-order valence-electron chi connectivity index (χ0n) is 12.1. The van der Waals surface area contributed by atoms with E-state index in [1.165, 1.54) is 0 Å². The number of hydrogen-bond donors (Lipinski definition) is 0. The third kappa shape index (κ3) is 2.83. The molecule has 0 atom stereocenters. The van der Waals surface area contributed by atoms with Crippen molar-refractivity contribution in [3.8, 4) is 28.6 Å². The van der Waals surface area contributed by atoms with Gasteiger partial charge in [0, 0.05) is 33.7 Å². The minimum Gasteiger partial charge on any atom is -0.416 e. The van der Waals surface area contributed by atoms with Gasteiger partial charge in [-0.3, -0.25) is 0 Å². The van der Waals surface area contributed by atoms with Crippen molar-refractivity contribution >= 4 is 15.9 Å². The quantitative estimate of drug-likeness (QED) is 0.515. The largest absolute Gasteiger partial charge is 0.416 e. The van der Waals surface area contributed by atoms with Gasteiger partial charge in [0.05, 0.1) is 0 Å². The van der Waals surface area contributed by atoms with Gasteiger partial charge in [0.15, 0.2) is 0 Å². The minimum absolute atomic E-state index is 0.516. The summed E-state index contributed by atoms with van der Waals surface area (Å²) in [6.07, 6.45) is 4.01. The van der Waals surface area contributed by atoms with Crippen LogP contribution in [0.3, 0.4) is 0 Å². The summed E-state index contributed by atoms with van der Waals surface area (Å²) in [6.45, 7) is 0. The smallest absolute Gasteiger partial charge is 0.248 e. The second kappa shape index (κ2) is 5.85. The molecular formula is C18H12BrN3O. The first-order chi connectivity index (χ1) is 11.3. The van der Waals surface area contributed by atoms with Crippen molar-refractivity contribution in [1.29, 1.82) is 0 Å². The Morgan fingerprint density at radius 3 is 1.83 bits per heavy atom. The maximum absolute atomic E-state index is 5.78. The Bertz CT molecular complexity index is 910. The lowest BCUT2D eigenvalue weighted by Crippen LogP contribution is -1.88. The fraction of sp³-hybridized carbons (Fsp3) is 0. The lowest BCUT2D eigenvalue weighted by molar-refractivity contribution is 0.584. The average Bonchev–Trinajstić information content (AvgIpc) is 3.28. The molecule has 23 heavy (non-hydrogen) atoms. The predicted molar refractivity (Wildman–Crippen MR) is 92.2 cm³/mol. The van der Waals surface area contributed by atoms with Crippen LogP contribution in [-0.4, -0.2) is 14.8 Å². The standard InChI is InChI=1S/C18H12BrN3O/c19-15-7-3-13(4-8-15)17-20-21-18(23-17)14-5-9-16(10-6-14)22-11-1-2-12-22/h1-12H. The number of halogens is 1. The summed E-state index contributed by atoms with van der Waals surface area (Å²) in [4.78, 5) is 0. The second-order valence-corrected chi connectivity index (χ2v) is 5.97. The highest BCUT2D eigenvalue weighted by atomic mass is 79.9. The van der Waals surface area contributed by atoms with Crippen LogP contribution in [0.5, 0.6) is 0 Å². The van der Waals surface area contributed by atoms with E-state index in [1.807, 2.05) is 77.6 Å². The van der Waals surface area contributed by atoms with Gasteiger partial charge in [-0.05, 0) is 60.7 Å². The molecule has 4 nitrogen and oxygen atoms in total. The van der Waals surface area contributed by atoms with Crippen LogP contribution in [0.4, 0.5) is 0 Å². The molecule has 0 aliphatic heterocycles. The molecule has 0 saturated heterocycles. The Labute approximate surface area is 141 Å². The van der Waals surface area contributed by atoms with Crippen LogP contribution in [-0.2, 0) is 0 Å². The van der Waals surface area contributed by atoms with Crippen LogP contribution < -0.4 is 0 Å². The molecule has 5 heteroatoms. The van der Waals surface area contributed by atoms with Crippen LogP contribution in [0.2, 0.25) is 0 Å². The molecule has 0 spiro atoms. The summed E-state index contributed by atoms with van der Waals surface area (Å²) in [5, 5.41) is 8.27. The number of nitrogens with zero attached hydrogens (tertiary/aromatic N) is 3. The maximum atomic E-state index is 5.78. The molecular weight excluding hydrogens is 354 g/mol. The summed E-state index contributed by atoms with van der Waals surface area (Å²) in [5.41, 5.74) is 2.89. The Morgan fingerprint density at radius 2 is 1.26 bits per heavy atom. The molecule has 0 N–H and O–H groups in total. The van der Waals surface area contributed by atoms with Crippen LogP contribution in [0.25, 0.3) is 28.6 Å². The first-order valence-electron chi connectivity index (χ1n) is 7.13. The van der Waals surface area contributed by atoms with Crippen molar-refractivity contribution in [1.82, 2.24) is 14.8 Å². The van der Waals surface area contributed by atoms with Gasteiger partial charge in [0.25, 0.3) is 0 Å². The Balaban J connectivity index is 1.62. The maximum Gasteiger partial charge on any atom is 0.248 e. The third-order valence-corrected chi connectivity index (χ3v) is 4.06. The number of benzene rings is 2. The molecule has 0 aliphatic rings. The van der Waals surface area contributed by atoms with Gasteiger partial charge in [-0.25, -0.2) is 0 Å². The topological polar surface area (TPSA) is 43.9 Å². The third-order valence-electron chi connectivity index (χ3n) is 3.53. The predicted octanol–water partition coefficient (Wildman–Crippen LogP) is 4.96. The Hall–Kier alpha value is -2.66. The van der Waals surface area contributed by atoms with E-state index in [-0.39, 0.29) is 0 Å². The molecule has 4 aromatic rings. The van der Waals surface area contributed by atoms with Gasteiger partial charge in [-0.1, -0.05) is 15.9 Å². The van der Waals surface area contributed by atoms with Crippen molar-refractivity contribution in [2.75, 3.05) is 0 Å². The SMILES string of the molecule is Brc1ccc(-c2nnc(-c3ccc(-n4cccc4)cc3)o2)cc1. The Morgan fingerprint density at radius 1 is 0.739 bits per heavy atom. The molecule has 0 bridgehead atoms. The van der Waals surface area contributed by atoms with Gasteiger partial charge in [0.2, 0.25) is 11.8 Å². The summed E-state index contributed by atoms with van der Waals surface area (Å²) >= 11 is 3.41. The van der Waals surface area contributed by atoms with Gasteiger partial charge >= 0.3 is 0 Å². The van der Waals surface area contributed by atoms with E-state index >= 15 is 0 Å². The van der Waals surface area contributed by atoms with Gasteiger partial charge in [0.1, 0.15) is 0 Å². The van der Waals surface area contributed by atoms with Crippen molar-refractivity contribution in [3.05, 3.63) is 77.5 Å². The van der Waals surface area contributed by atoms with Crippen molar-refractivity contribution in [3.63, 3.8) is 0 Å². The minimum atomic E-state index is 0.516. The molecule has 2 aromatic heterocycles. The number of rotatable bonds is 3. The fourth-order valence-electron chi connectivity index (χ4n) is 2.33. The first-order valence-corrected chi connectivity index (χ1v) is 7.92. The monoisotopic (exact) mass is 365 g/mol. The van der Waals surface area contributed by atoms with Crippen molar-refractivity contribution < 1.29 is 4.42 Å². The van der Waals surface area contributed by atoms with Gasteiger partial charge < -0.3 is 8.98 Å². The highest BCUT2D eigenvalue weighted by Crippen LogP contribution is 2.25. The average molecular weight is 366 g/mol. The summed E-state index contributed by atoms with van der Waals surface area (Å²) in [7, 11) is 0. The molecule has 0 fully saturated rings. The summed E-state index contributed by atoms with van der Waals surface area (Å²) < 4.78 is 8.84. The molecule has 2 aromatic carbocycles. The normalized spacial score (nSPS) is 10.8.